The number of nitrogen functional groups attached to an aromatic ring is 1. The molecule has 1 aromatic carbocycles. The first-order valence-corrected chi connectivity index (χ1v) is 4.69. The zero-order valence-electron chi connectivity index (χ0n) is 8.73. The molecule has 0 fully saturated rings. The minimum atomic E-state index is 0.202. The minimum Gasteiger partial charge on any atom is -0.366 e. The van der Waals surface area contributed by atoms with Gasteiger partial charge in [-0.3, -0.25) is 0 Å². The Bertz CT molecular complexity index is 494. The van der Waals surface area contributed by atoms with Gasteiger partial charge >= 0.3 is 0 Å². The number of aromatic nitrogens is 3. The monoisotopic (exact) mass is 200 g/mol. The molecule has 0 aliphatic carbocycles. The van der Waals surface area contributed by atoms with Crippen molar-refractivity contribution in [3.8, 4) is 11.3 Å². The highest BCUT2D eigenvalue weighted by Gasteiger charge is 2.04. The number of hydrogen-bond donors (Lipinski definition) is 1. The summed E-state index contributed by atoms with van der Waals surface area (Å²) in [6.07, 6.45) is 1.62. The summed E-state index contributed by atoms with van der Waals surface area (Å²) in [5.74, 6) is 0.202. The molecule has 2 rings (SSSR count). The van der Waals surface area contributed by atoms with Gasteiger partial charge in [0.1, 0.15) is 0 Å². The van der Waals surface area contributed by atoms with E-state index >= 15 is 0 Å². The molecule has 0 aliphatic rings. The van der Waals surface area contributed by atoms with Crippen LogP contribution in [-0.4, -0.2) is 15.2 Å². The molecule has 0 bridgehead atoms. The molecule has 0 radical (unpaired) electrons. The first-order chi connectivity index (χ1) is 7.16. The van der Waals surface area contributed by atoms with Crippen molar-refractivity contribution in [2.24, 2.45) is 0 Å². The molecule has 2 aromatic rings. The number of hydrogen-bond acceptors (Lipinski definition) is 4. The molecule has 4 nitrogen and oxygen atoms in total. The van der Waals surface area contributed by atoms with Crippen LogP contribution < -0.4 is 5.73 Å². The van der Waals surface area contributed by atoms with Gasteiger partial charge in [-0.15, -0.1) is 5.10 Å². The lowest BCUT2D eigenvalue weighted by atomic mass is 10.0. The Morgan fingerprint density at radius 2 is 2.00 bits per heavy atom. The van der Waals surface area contributed by atoms with Crippen molar-refractivity contribution in [1.82, 2.24) is 15.2 Å². The van der Waals surface area contributed by atoms with Crippen molar-refractivity contribution in [3.63, 3.8) is 0 Å². The summed E-state index contributed by atoms with van der Waals surface area (Å²) in [6.45, 7) is 4.08. The van der Waals surface area contributed by atoms with Gasteiger partial charge in [0.2, 0.25) is 5.95 Å². The van der Waals surface area contributed by atoms with E-state index in [1.165, 1.54) is 5.56 Å². The molecule has 2 N–H and O–H groups in total. The molecule has 4 heteroatoms. The zero-order chi connectivity index (χ0) is 10.8. The van der Waals surface area contributed by atoms with Crippen LogP contribution in [-0.2, 0) is 0 Å². The lowest BCUT2D eigenvalue weighted by molar-refractivity contribution is 0.989. The van der Waals surface area contributed by atoms with Crippen molar-refractivity contribution in [2.75, 3.05) is 5.73 Å². The number of aryl methyl sites for hydroxylation is 2. The predicted molar refractivity (Wildman–Crippen MR) is 59.1 cm³/mol. The normalized spacial score (nSPS) is 10.3. The summed E-state index contributed by atoms with van der Waals surface area (Å²) in [7, 11) is 0. The molecule has 0 aliphatic heterocycles. The van der Waals surface area contributed by atoms with Crippen molar-refractivity contribution in [2.45, 2.75) is 13.8 Å². The SMILES string of the molecule is Cc1ccc(C)c(-c2cnnc(N)n2)c1. The van der Waals surface area contributed by atoms with Crippen LogP contribution in [0, 0.1) is 13.8 Å². The number of nitrogens with two attached hydrogens (primary N) is 1. The standard InChI is InChI=1S/C11H12N4/c1-7-3-4-8(2)9(5-7)10-6-13-15-11(12)14-10/h3-6H,1-2H3,(H2,12,14,15). The van der Waals surface area contributed by atoms with E-state index < -0.39 is 0 Å². The molecule has 0 amide bonds. The largest absolute Gasteiger partial charge is 0.366 e. The van der Waals surface area contributed by atoms with Gasteiger partial charge in [0.25, 0.3) is 0 Å². The number of nitrogens with zero attached hydrogens (tertiary/aromatic N) is 3. The summed E-state index contributed by atoms with van der Waals surface area (Å²) in [4.78, 5) is 4.15. The summed E-state index contributed by atoms with van der Waals surface area (Å²) in [5.41, 5.74) is 9.66. The maximum Gasteiger partial charge on any atom is 0.240 e. The molecule has 76 valence electrons. The van der Waals surface area contributed by atoms with E-state index in [9.17, 15) is 0 Å². The molecule has 0 saturated heterocycles. The Labute approximate surface area is 88.2 Å². The van der Waals surface area contributed by atoms with Crippen molar-refractivity contribution < 1.29 is 0 Å². The zero-order valence-corrected chi connectivity index (χ0v) is 8.73. The van der Waals surface area contributed by atoms with E-state index in [-0.39, 0.29) is 5.95 Å². The van der Waals surface area contributed by atoms with Crippen molar-refractivity contribution in [3.05, 3.63) is 35.5 Å². The third-order valence-electron chi connectivity index (χ3n) is 2.24. The van der Waals surface area contributed by atoms with E-state index in [4.69, 9.17) is 5.73 Å². The number of anilines is 1. The average Bonchev–Trinajstić information content (AvgIpc) is 2.22. The van der Waals surface area contributed by atoms with Gasteiger partial charge < -0.3 is 5.73 Å². The van der Waals surface area contributed by atoms with E-state index in [1.807, 2.05) is 13.8 Å². The van der Waals surface area contributed by atoms with Crippen LogP contribution >= 0.6 is 0 Å². The van der Waals surface area contributed by atoms with Crippen LogP contribution in [0.4, 0.5) is 5.95 Å². The maximum absolute atomic E-state index is 5.50. The second-order valence-electron chi connectivity index (χ2n) is 3.52. The smallest absolute Gasteiger partial charge is 0.240 e. The summed E-state index contributed by atoms with van der Waals surface area (Å²) in [6, 6.07) is 6.19. The predicted octanol–water partition coefficient (Wildman–Crippen LogP) is 1.74. The molecule has 0 atom stereocenters. The fraction of sp³-hybridized carbons (Fsp3) is 0.182. The highest BCUT2D eigenvalue weighted by Crippen LogP contribution is 2.21. The van der Waals surface area contributed by atoms with Crippen molar-refractivity contribution in [1.29, 1.82) is 0 Å². The maximum atomic E-state index is 5.50. The molecule has 1 heterocycles. The molecule has 15 heavy (non-hydrogen) atoms. The molecule has 0 unspecified atom stereocenters. The molecule has 0 saturated carbocycles. The second-order valence-corrected chi connectivity index (χ2v) is 3.52. The highest BCUT2D eigenvalue weighted by molar-refractivity contribution is 5.64. The van der Waals surface area contributed by atoms with Gasteiger partial charge in [0.05, 0.1) is 11.9 Å². The first-order valence-electron chi connectivity index (χ1n) is 4.69. The quantitative estimate of drug-likeness (QED) is 0.761. The molecule has 0 spiro atoms. The summed E-state index contributed by atoms with van der Waals surface area (Å²) >= 11 is 0. The Kier molecular flexibility index (Phi) is 2.33. The summed E-state index contributed by atoms with van der Waals surface area (Å²) in [5, 5.41) is 7.43. The Morgan fingerprint density at radius 3 is 2.73 bits per heavy atom. The van der Waals surface area contributed by atoms with Crippen LogP contribution in [0.25, 0.3) is 11.3 Å². The second kappa shape index (κ2) is 3.65. The highest BCUT2D eigenvalue weighted by atomic mass is 15.2. The van der Waals surface area contributed by atoms with E-state index in [0.717, 1.165) is 16.8 Å². The van der Waals surface area contributed by atoms with E-state index in [0.29, 0.717) is 0 Å². The minimum absolute atomic E-state index is 0.202. The van der Waals surface area contributed by atoms with Crippen LogP contribution in [0.15, 0.2) is 24.4 Å². The number of rotatable bonds is 1. The van der Waals surface area contributed by atoms with Crippen LogP contribution in [0.3, 0.4) is 0 Å². The first kappa shape index (κ1) is 9.58. The van der Waals surface area contributed by atoms with Gasteiger partial charge in [-0.2, -0.15) is 5.10 Å². The lowest BCUT2D eigenvalue weighted by Gasteiger charge is -2.05. The van der Waals surface area contributed by atoms with Crippen LogP contribution in [0.1, 0.15) is 11.1 Å². The van der Waals surface area contributed by atoms with Crippen LogP contribution in [0.5, 0.6) is 0 Å². The Hall–Kier alpha value is -1.97. The van der Waals surface area contributed by atoms with Gasteiger partial charge in [0, 0.05) is 5.56 Å². The topological polar surface area (TPSA) is 64.7 Å². The van der Waals surface area contributed by atoms with Gasteiger partial charge in [-0.05, 0) is 25.5 Å². The summed E-state index contributed by atoms with van der Waals surface area (Å²) < 4.78 is 0. The van der Waals surface area contributed by atoms with Gasteiger partial charge in [-0.1, -0.05) is 17.7 Å². The fourth-order valence-electron chi connectivity index (χ4n) is 1.46. The molecular formula is C11H12N4. The molecule has 1 aromatic heterocycles. The third kappa shape index (κ3) is 1.93. The van der Waals surface area contributed by atoms with E-state index in [2.05, 4.69) is 33.4 Å². The Balaban J connectivity index is 2.58. The fourth-order valence-corrected chi connectivity index (χ4v) is 1.46. The Morgan fingerprint density at radius 1 is 1.20 bits per heavy atom. The third-order valence-corrected chi connectivity index (χ3v) is 2.24. The molecular weight excluding hydrogens is 188 g/mol. The lowest BCUT2D eigenvalue weighted by Crippen LogP contribution is -1.99. The number of benzene rings is 1. The van der Waals surface area contributed by atoms with Crippen molar-refractivity contribution >= 4 is 5.95 Å². The van der Waals surface area contributed by atoms with Gasteiger partial charge in [0.15, 0.2) is 0 Å². The van der Waals surface area contributed by atoms with Gasteiger partial charge in [-0.25, -0.2) is 4.98 Å². The van der Waals surface area contributed by atoms with Crippen LogP contribution in [0.2, 0.25) is 0 Å². The average molecular weight is 200 g/mol. The van der Waals surface area contributed by atoms with E-state index in [1.54, 1.807) is 6.20 Å².